The fourth-order valence-corrected chi connectivity index (χ4v) is 8.09. The Kier molecular flexibility index (Phi) is 12.9. The second kappa shape index (κ2) is 16.4. The van der Waals surface area contributed by atoms with E-state index in [1.54, 1.807) is 24.0 Å². The maximum atomic E-state index is 14.4. The smallest absolute Gasteiger partial charge is 0.267 e. The molecule has 258 valence electrons. The Morgan fingerprint density at radius 2 is 1.80 bits per heavy atom. The van der Waals surface area contributed by atoms with Gasteiger partial charge in [-0.25, -0.2) is 8.42 Å². The van der Waals surface area contributed by atoms with E-state index in [4.69, 9.17) is 14.0 Å². The molecular formula is C34H54N4O7S. The number of likely N-dealkylation sites (N-methyl/N-ethyl adjacent to an activating group) is 1. The number of benzene rings is 1. The van der Waals surface area contributed by atoms with Gasteiger partial charge in [0.15, 0.2) is 10.7 Å². The van der Waals surface area contributed by atoms with Gasteiger partial charge < -0.3 is 28.9 Å². The van der Waals surface area contributed by atoms with E-state index in [9.17, 15) is 18.3 Å². The van der Waals surface area contributed by atoms with Gasteiger partial charge in [-0.05, 0) is 91.0 Å². The second-order valence-electron chi connectivity index (χ2n) is 13.5. The van der Waals surface area contributed by atoms with Crippen LogP contribution in [0.4, 0.5) is 5.69 Å². The van der Waals surface area contributed by atoms with Crippen LogP contribution in [0.15, 0.2) is 27.6 Å². The zero-order valence-corrected chi connectivity index (χ0v) is 29.3. The normalized spacial score (nSPS) is 23.4. The molecule has 0 saturated heterocycles. The first-order valence-electron chi connectivity index (χ1n) is 16.9. The van der Waals surface area contributed by atoms with Crippen molar-refractivity contribution in [3.05, 3.63) is 35.2 Å². The highest BCUT2D eigenvalue weighted by Crippen LogP contribution is 2.31. The first-order chi connectivity index (χ1) is 21.9. The lowest BCUT2D eigenvalue weighted by atomic mass is 9.89. The van der Waals surface area contributed by atoms with Gasteiger partial charge in [0, 0.05) is 37.8 Å². The fourth-order valence-electron chi connectivity index (χ4n) is 6.71. The third-order valence-electron chi connectivity index (χ3n) is 9.33. The number of carbonyl (C=O) groups is 1. The summed E-state index contributed by atoms with van der Waals surface area (Å²) in [5, 5.41) is 14.0. The molecule has 12 heteroatoms. The Morgan fingerprint density at radius 3 is 2.48 bits per heavy atom. The van der Waals surface area contributed by atoms with Gasteiger partial charge in [0.1, 0.15) is 11.4 Å². The Labute approximate surface area is 275 Å². The van der Waals surface area contributed by atoms with Crippen LogP contribution >= 0.6 is 0 Å². The number of anilines is 1. The molecule has 1 fully saturated rings. The number of rotatable bonds is 9. The van der Waals surface area contributed by atoms with Gasteiger partial charge >= 0.3 is 0 Å². The third-order valence-corrected chi connectivity index (χ3v) is 11.0. The number of aryl methyl sites for hydroxylation is 2. The molecule has 46 heavy (non-hydrogen) atoms. The summed E-state index contributed by atoms with van der Waals surface area (Å²) in [5.74, 6) is 0.883. The van der Waals surface area contributed by atoms with Crippen LogP contribution in [0.5, 0.6) is 5.75 Å². The number of hydrogen-bond donors (Lipinski definition) is 2. The number of ether oxygens (including phenoxy) is 2. The number of sulfonamides is 1. The molecule has 1 amide bonds. The van der Waals surface area contributed by atoms with Gasteiger partial charge in [0.25, 0.3) is 15.9 Å². The molecule has 1 aromatic carbocycles. The topological polar surface area (TPSA) is 134 Å². The largest absolute Gasteiger partial charge is 0.490 e. The molecule has 2 aliphatic rings. The summed E-state index contributed by atoms with van der Waals surface area (Å²) >= 11 is 0. The summed E-state index contributed by atoms with van der Waals surface area (Å²) in [5.41, 5.74) is 0.677. The molecule has 0 spiro atoms. The molecule has 2 heterocycles. The SMILES string of the molecule is Cc1noc(C)c1S(=O)(=O)Nc1ccc2c(c1)C(=O)N([C@H](C)CO)C[C@@H](C)[C@@H](CN(C)CC1CCCCC1)OCCCC[C@H](C)O2. The lowest BCUT2D eigenvalue weighted by Crippen LogP contribution is -2.47. The summed E-state index contributed by atoms with van der Waals surface area (Å²) < 4.78 is 47.1. The Bertz CT molecular complexity index is 1370. The molecule has 1 aliphatic heterocycles. The van der Waals surface area contributed by atoms with Gasteiger partial charge in [-0.15, -0.1) is 0 Å². The van der Waals surface area contributed by atoms with Crippen LogP contribution in [-0.2, 0) is 14.8 Å². The number of fused-ring (bicyclic) bond motifs is 1. The lowest BCUT2D eigenvalue weighted by molar-refractivity contribution is -0.0190. The second-order valence-corrected chi connectivity index (χ2v) is 15.1. The van der Waals surface area contributed by atoms with Gasteiger partial charge in [-0.1, -0.05) is 31.3 Å². The van der Waals surface area contributed by atoms with E-state index >= 15 is 0 Å². The van der Waals surface area contributed by atoms with E-state index in [1.165, 1.54) is 45.1 Å². The number of carbonyl (C=O) groups excluding carboxylic acids is 1. The molecule has 1 aliphatic carbocycles. The molecule has 1 saturated carbocycles. The standard InChI is InChI=1S/C34H54N4O7S/c1-23-19-38(24(2)22-39)34(40)30-18-29(36-46(41,42)33-26(4)35-45-27(33)5)15-16-31(30)44-25(3)12-10-11-17-43-32(23)21-37(6)20-28-13-8-7-9-14-28/h15-16,18,23-25,28,32,36,39H,7-14,17,19-22H2,1-6H3/t23-,24-,25+,32-/m1/s1. The number of aromatic nitrogens is 1. The Hall–Kier alpha value is -2.67. The maximum Gasteiger partial charge on any atom is 0.267 e. The number of nitrogens with zero attached hydrogens (tertiary/aromatic N) is 3. The first kappa shape index (κ1) is 36.2. The first-order valence-corrected chi connectivity index (χ1v) is 18.4. The predicted octanol–water partition coefficient (Wildman–Crippen LogP) is 5.40. The number of aliphatic hydroxyl groups is 1. The molecule has 0 radical (unpaired) electrons. The monoisotopic (exact) mass is 662 g/mol. The minimum absolute atomic E-state index is 0.0285. The van der Waals surface area contributed by atoms with E-state index in [1.807, 2.05) is 13.8 Å². The Morgan fingerprint density at radius 1 is 1.09 bits per heavy atom. The van der Waals surface area contributed by atoms with E-state index in [0.717, 1.165) is 32.4 Å². The zero-order valence-electron chi connectivity index (χ0n) is 28.5. The molecule has 0 bridgehead atoms. The van der Waals surface area contributed by atoms with Crippen LogP contribution in [0.25, 0.3) is 0 Å². The van der Waals surface area contributed by atoms with E-state index in [0.29, 0.717) is 24.8 Å². The summed E-state index contributed by atoms with van der Waals surface area (Å²) in [4.78, 5) is 18.4. The van der Waals surface area contributed by atoms with E-state index < -0.39 is 16.1 Å². The van der Waals surface area contributed by atoms with Crippen molar-refractivity contribution in [1.29, 1.82) is 0 Å². The summed E-state index contributed by atoms with van der Waals surface area (Å²) in [7, 11) is -1.88. The molecule has 11 nitrogen and oxygen atoms in total. The van der Waals surface area contributed by atoms with Crippen molar-refractivity contribution in [3.63, 3.8) is 0 Å². The Balaban J connectivity index is 1.63. The number of nitrogens with one attached hydrogen (secondary N) is 1. The van der Waals surface area contributed by atoms with Crippen molar-refractivity contribution in [2.45, 2.75) is 109 Å². The van der Waals surface area contributed by atoms with Gasteiger partial charge in [-0.3, -0.25) is 9.52 Å². The predicted molar refractivity (Wildman–Crippen MR) is 178 cm³/mol. The highest BCUT2D eigenvalue weighted by Gasteiger charge is 2.31. The van der Waals surface area contributed by atoms with Crippen LogP contribution < -0.4 is 9.46 Å². The third kappa shape index (κ3) is 9.45. The van der Waals surface area contributed by atoms with Crippen molar-refractivity contribution in [2.24, 2.45) is 11.8 Å². The van der Waals surface area contributed by atoms with Crippen LogP contribution in [0.2, 0.25) is 0 Å². The molecule has 1 aromatic heterocycles. The fraction of sp³-hybridized carbons (Fsp3) is 0.706. The molecular weight excluding hydrogens is 608 g/mol. The quantitative estimate of drug-likeness (QED) is 0.362. The van der Waals surface area contributed by atoms with Gasteiger partial charge in [0.2, 0.25) is 0 Å². The van der Waals surface area contributed by atoms with Gasteiger partial charge in [0.05, 0.1) is 30.4 Å². The average Bonchev–Trinajstić information content (AvgIpc) is 3.37. The van der Waals surface area contributed by atoms with Crippen LogP contribution in [-0.4, -0.2) is 92.5 Å². The van der Waals surface area contributed by atoms with E-state index in [2.05, 4.69) is 28.8 Å². The number of amides is 1. The molecule has 2 N–H and O–H groups in total. The average molecular weight is 663 g/mol. The molecule has 4 rings (SSSR count). The van der Waals surface area contributed by atoms with Crippen molar-refractivity contribution in [3.8, 4) is 5.75 Å². The van der Waals surface area contributed by atoms with Gasteiger partial charge in [-0.2, -0.15) is 0 Å². The molecule has 4 atom stereocenters. The minimum atomic E-state index is -4.04. The zero-order chi connectivity index (χ0) is 33.4. The van der Waals surface area contributed by atoms with Crippen molar-refractivity contribution >= 4 is 21.6 Å². The van der Waals surface area contributed by atoms with Crippen LogP contribution in [0.1, 0.15) is 93.9 Å². The molecule has 2 aromatic rings. The van der Waals surface area contributed by atoms with Crippen molar-refractivity contribution in [2.75, 3.05) is 44.6 Å². The highest BCUT2D eigenvalue weighted by atomic mass is 32.2. The number of aliphatic hydroxyl groups excluding tert-OH is 1. The minimum Gasteiger partial charge on any atom is -0.490 e. The van der Waals surface area contributed by atoms with Crippen molar-refractivity contribution < 1.29 is 32.3 Å². The van der Waals surface area contributed by atoms with Crippen LogP contribution in [0.3, 0.4) is 0 Å². The molecule has 0 unspecified atom stereocenters. The summed E-state index contributed by atoms with van der Waals surface area (Å²) in [6, 6.07) is 4.25. The maximum absolute atomic E-state index is 14.4. The summed E-state index contributed by atoms with van der Waals surface area (Å²) in [6.45, 7) is 11.5. The number of hydrogen-bond acceptors (Lipinski definition) is 9. The highest BCUT2D eigenvalue weighted by molar-refractivity contribution is 7.92. The van der Waals surface area contributed by atoms with Crippen LogP contribution in [0, 0.1) is 25.7 Å². The van der Waals surface area contributed by atoms with E-state index in [-0.39, 0.29) is 58.2 Å². The summed E-state index contributed by atoms with van der Waals surface area (Å²) in [6.07, 6.45) is 8.79. The van der Waals surface area contributed by atoms with Crippen molar-refractivity contribution in [1.82, 2.24) is 15.0 Å². The lowest BCUT2D eigenvalue weighted by Gasteiger charge is -2.36.